The molecule has 0 spiro atoms. The summed E-state index contributed by atoms with van der Waals surface area (Å²) < 4.78 is 14.8. The molecule has 2 aliphatic rings. The van der Waals surface area contributed by atoms with Gasteiger partial charge in [0.25, 0.3) is 17.4 Å². The number of hydrogen-bond acceptors (Lipinski definition) is 11. The van der Waals surface area contributed by atoms with Crippen molar-refractivity contribution in [1.29, 1.82) is 0 Å². The highest BCUT2D eigenvalue weighted by molar-refractivity contribution is 8.01. The van der Waals surface area contributed by atoms with Crippen molar-refractivity contribution >= 4 is 85.8 Å². The van der Waals surface area contributed by atoms with Gasteiger partial charge < -0.3 is 9.15 Å². The molecule has 0 fully saturated rings. The van der Waals surface area contributed by atoms with E-state index in [1.54, 1.807) is 98.8 Å². The molecule has 50 heavy (non-hydrogen) atoms. The Morgan fingerprint density at radius 3 is 2.46 bits per heavy atom. The number of anilines is 1. The van der Waals surface area contributed by atoms with Crippen molar-refractivity contribution in [2.24, 2.45) is 4.99 Å². The lowest BCUT2D eigenvalue weighted by Gasteiger charge is -2.24. The number of halogens is 1. The van der Waals surface area contributed by atoms with Crippen LogP contribution in [-0.2, 0) is 9.53 Å². The van der Waals surface area contributed by atoms with Gasteiger partial charge in [-0.05, 0) is 85.8 Å². The predicted octanol–water partition coefficient (Wildman–Crippen LogP) is 6.61. The van der Waals surface area contributed by atoms with Gasteiger partial charge in [-0.25, -0.2) is 19.7 Å². The standard InChI is InChI=1S/C36H23ClN4O6S3/c1-3-46-34(45)29-18(2)38-35-41(30(29)19-8-10-20(37)11-9-19)33(44)27(48-35)17-22-13-15-28(47-22)50-36-39-25-14-12-21(16-26(25)49-36)40-31(42)23-6-4-5-7-24(23)32(40)43/h4-17,30H,3H2,1-2H3/b27-17-/t30-/m1/s1. The zero-order valence-corrected chi connectivity index (χ0v) is 29.4. The minimum atomic E-state index is -0.746. The second-order valence-electron chi connectivity index (χ2n) is 11.2. The molecule has 0 saturated carbocycles. The number of amides is 2. The van der Waals surface area contributed by atoms with Crippen LogP contribution in [0, 0.1) is 0 Å². The lowest BCUT2D eigenvalue weighted by atomic mass is 9.96. The summed E-state index contributed by atoms with van der Waals surface area (Å²) in [7, 11) is 0. The van der Waals surface area contributed by atoms with Crippen LogP contribution in [0.4, 0.5) is 5.69 Å². The average Bonchev–Trinajstić information content (AvgIpc) is 3.85. The Labute approximate surface area is 300 Å². The number of carbonyl (C=O) groups is 3. The molecule has 8 rings (SSSR count). The fourth-order valence-electron chi connectivity index (χ4n) is 5.93. The highest BCUT2D eigenvalue weighted by atomic mass is 35.5. The number of aromatic nitrogens is 2. The van der Waals surface area contributed by atoms with E-state index in [0.29, 0.717) is 57.6 Å². The fraction of sp³-hybridized carbons (Fsp3) is 0.111. The van der Waals surface area contributed by atoms with Crippen molar-refractivity contribution in [3.8, 4) is 0 Å². The zero-order valence-electron chi connectivity index (χ0n) is 26.2. The molecule has 0 aliphatic carbocycles. The molecule has 14 heteroatoms. The van der Waals surface area contributed by atoms with Crippen LogP contribution in [0.1, 0.15) is 51.9 Å². The molecule has 0 bridgehead atoms. The number of rotatable bonds is 7. The smallest absolute Gasteiger partial charge is 0.338 e. The highest BCUT2D eigenvalue weighted by Gasteiger charge is 2.37. The lowest BCUT2D eigenvalue weighted by Crippen LogP contribution is -2.39. The summed E-state index contributed by atoms with van der Waals surface area (Å²) in [5.74, 6) is -0.786. The third-order valence-electron chi connectivity index (χ3n) is 8.17. The van der Waals surface area contributed by atoms with Gasteiger partial charge in [0, 0.05) is 11.1 Å². The Kier molecular flexibility index (Phi) is 8.14. The molecular weight excluding hydrogens is 716 g/mol. The molecule has 5 heterocycles. The monoisotopic (exact) mass is 738 g/mol. The Morgan fingerprint density at radius 1 is 1.00 bits per heavy atom. The summed E-state index contributed by atoms with van der Waals surface area (Å²) in [5.41, 5.74) is 3.11. The van der Waals surface area contributed by atoms with Crippen LogP contribution in [0.15, 0.2) is 114 Å². The summed E-state index contributed by atoms with van der Waals surface area (Å²) in [6.45, 7) is 3.64. The first-order chi connectivity index (χ1) is 24.2. The quantitative estimate of drug-likeness (QED) is 0.133. The molecule has 3 aromatic carbocycles. The number of ether oxygens (including phenoxy) is 1. The van der Waals surface area contributed by atoms with Gasteiger partial charge in [-0.15, -0.1) is 11.3 Å². The van der Waals surface area contributed by atoms with E-state index in [1.165, 1.54) is 43.9 Å². The van der Waals surface area contributed by atoms with Gasteiger partial charge in [0.15, 0.2) is 14.2 Å². The molecule has 0 unspecified atom stereocenters. The largest absolute Gasteiger partial charge is 0.463 e. The zero-order chi connectivity index (χ0) is 34.7. The number of hydrogen-bond donors (Lipinski definition) is 0. The molecule has 3 aromatic heterocycles. The second kappa shape index (κ2) is 12.7. The van der Waals surface area contributed by atoms with Crippen LogP contribution in [0.25, 0.3) is 16.3 Å². The Bertz CT molecular complexity index is 2580. The van der Waals surface area contributed by atoms with E-state index < -0.39 is 12.0 Å². The van der Waals surface area contributed by atoms with Crippen molar-refractivity contribution in [3.63, 3.8) is 0 Å². The summed E-state index contributed by atoms with van der Waals surface area (Å²) in [6, 6.07) is 21.9. The number of allylic oxidation sites excluding steroid dienone is 1. The third kappa shape index (κ3) is 5.52. The van der Waals surface area contributed by atoms with E-state index in [2.05, 4.69) is 4.99 Å². The molecule has 0 saturated heterocycles. The number of imide groups is 1. The minimum absolute atomic E-state index is 0.181. The number of furan rings is 1. The van der Waals surface area contributed by atoms with Crippen LogP contribution in [0.5, 0.6) is 0 Å². The number of esters is 1. The second-order valence-corrected chi connectivity index (χ2v) is 15.0. The van der Waals surface area contributed by atoms with Crippen LogP contribution < -0.4 is 19.8 Å². The van der Waals surface area contributed by atoms with Gasteiger partial charge in [0.1, 0.15) is 5.76 Å². The first kappa shape index (κ1) is 32.1. The Morgan fingerprint density at radius 2 is 1.74 bits per heavy atom. The minimum Gasteiger partial charge on any atom is -0.463 e. The van der Waals surface area contributed by atoms with E-state index in [-0.39, 0.29) is 29.6 Å². The van der Waals surface area contributed by atoms with Crippen LogP contribution in [-0.4, -0.2) is 33.9 Å². The third-order valence-corrected chi connectivity index (χ3v) is 11.4. The van der Waals surface area contributed by atoms with E-state index in [9.17, 15) is 19.2 Å². The fourth-order valence-corrected chi connectivity index (χ4v) is 9.09. The van der Waals surface area contributed by atoms with E-state index >= 15 is 0 Å². The van der Waals surface area contributed by atoms with E-state index in [1.807, 2.05) is 0 Å². The van der Waals surface area contributed by atoms with Crippen molar-refractivity contribution in [3.05, 3.63) is 137 Å². The van der Waals surface area contributed by atoms with Crippen molar-refractivity contribution in [2.75, 3.05) is 11.5 Å². The molecule has 2 amide bonds. The van der Waals surface area contributed by atoms with Gasteiger partial charge >= 0.3 is 5.97 Å². The molecule has 248 valence electrons. The molecule has 0 N–H and O–H groups in total. The average molecular weight is 739 g/mol. The van der Waals surface area contributed by atoms with Crippen molar-refractivity contribution < 1.29 is 23.5 Å². The van der Waals surface area contributed by atoms with Gasteiger partial charge in [0.2, 0.25) is 0 Å². The van der Waals surface area contributed by atoms with Gasteiger partial charge in [-0.2, -0.15) is 0 Å². The molecular formula is C36H23ClN4O6S3. The van der Waals surface area contributed by atoms with Gasteiger partial charge in [-0.1, -0.05) is 47.2 Å². The topological polar surface area (TPSA) is 124 Å². The normalized spacial score (nSPS) is 15.9. The molecule has 6 aromatic rings. The Balaban J connectivity index is 1.08. The number of benzene rings is 3. The molecule has 0 radical (unpaired) electrons. The molecule has 1 atom stereocenters. The summed E-state index contributed by atoms with van der Waals surface area (Å²) in [4.78, 5) is 63.9. The van der Waals surface area contributed by atoms with Crippen LogP contribution in [0.3, 0.4) is 0 Å². The molecule has 10 nitrogen and oxygen atoms in total. The number of fused-ring (bicyclic) bond motifs is 3. The number of thiazole rings is 2. The van der Waals surface area contributed by atoms with Crippen LogP contribution in [0.2, 0.25) is 5.02 Å². The van der Waals surface area contributed by atoms with E-state index in [0.717, 1.165) is 10.2 Å². The maximum atomic E-state index is 13.9. The molecule has 2 aliphatic heterocycles. The summed E-state index contributed by atoms with van der Waals surface area (Å²) >= 11 is 10.1. The predicted molar refractivity (Wildman–Crippen MR) is 192 cm³/mol. The SMILES string of the molecule is CCOC(=O)C1=C(C)N=c2s/c(=C\c3ccc(Sc4nc5ccc(N6C(=O)c7ccccc7C6=O)cc5s4)o3)c(=O)n2[C@@H]1c1ccc(Cl)cc1. The maximum absolute atomic E-state index is 13.9. The number of nitrogens with zero attached hydrogens (tertiary/aromatic N) is 4. The first-order valence-corrected chi connectivity index (χ1v) is 18.1. The maximum Gasteiger partial charge on any atom is 0.338 e. The van der Waals surface area contributed by atoms with Gasteiger partial charge in [0.05, 0.1) is 55.5 Å². The van der Waals surface area contributed by atoms with Crippen LogP contribution >= 0.6 is 46.0 Å². The van der Waals surface area contributed by atoms with Crippen molar-refractivity contribution in [1.82, 2.24) is 9.55 Å². The Hall–Kier alpha value is -5.08. The first-order valence-electron chi connectivity index (χ1n) is 15.3. The van der Waals surface area contributed by atoms with E-state index in [4.69, 9.17) is 25.7 Å². The lowest BCUT2D eigenvalue weighted by molar-refractivity contribution is -0.139. The highest BCUT2D eigenvalue weighted by Crippen LogP contribution is 2.38. The number of carbonyl (C=O) groups excluding carboxylic acids is 3. The van der Waals surface area contributed by atoms with Crippen molar-refractivity contribution in [2.45, 2.75) is 29.3 Å². The van der Waals surface area contributed by atoms with Gasteiger partial charge in [-0.3, -0.25) is 19.0 Å². The summed E-state index contributed by atoms with van der Waals surface area (Å²) in [6.07, 6.45) is 1.66. The summed E-state index contributed by atoms with van der Waals surface area (Å²) in [5, 5.41) is 1.09.